The van der Waals surface area contributed by atoms with E-state index in [0.717, 1.165) is 25.0 Å². The third-order valence-electron chi connectivity index (χ3n) is 6.92. The number of imidazole rings is 1. The lowest BCUT2D eigenvalue weighted by atomic mass is 9.96. The van der Waals surface area contributed by atoms with Crippen LogP contribution in [0.15, 0.2) is 29.3 Å². The molecule has 12 heteroatoms. The number of amides is 2. The van der Waals surface area contributed by atoms with Crippen molar-refractivity contribution in [1.82, 2.24) is 29.6 Å². The molecule has 2 saturated heterocycles. The Balaban J connectivity index is 1.31. The van der Waals surface area contributed by atoms with Crippen LogP contribution in [0.3, 0.4) is 0 Å². The highest BCUT2D eigenvalue weighted by Gasteiger charge is 2.45. The van der Waals surface area contributed by atoms with E-state index in [1.165, 1.54) is 16.8 Å². The highest BCUT2D eigenvalue weighted by atomic mass is 19.4. The van der Waals surface area contributed by atoms with Gasteiger partial charge in [0.2, 0.25) is 0 Å². The van der Waals surface area contributed by atoms with E-state index in [9.17, 15) is 27.6 Å². The standard InChI is InChI=1S/C23H23F3N6O3/c1-11-12(2)29-21(34)19(28-11)22(35)32-15-3-4-16(32)9-14(8-15)30-20(33)17-10-27-18-7-13(23(24,25)26)5-6-31(17)18/h5-7,10,14-16H,3-4,8-9H2,1-2H3,(H,29,34)(H,30,33). The first-order chi connectivity index (χ1) is 16.5. The number of aromatic nitrogens is 4. The Morgan fingerprint density at radius 1 is 1.17 bits per heavy atom. The number of aryl methyl sites for hydroxylation is 2. The molecule has 0 aliphatic carbocycles. The van der Waals surface area contributed by atoms with Gasteiger partial charge in [-0.2, -0.15) is 13.2 Å². The summed E-state index contributed by atoms with van der Waals surface area (Å²) in [6.07, 6.45) is 0.438. The molecule has 2 N–H and O–H groups in total. The highest BCUT2D eigenvalue weighted by Crippen LogP contribution is 2.36. The molecular formula is C23H23F3N6O3. The number of piperidine rings is 1. The molecule has 5 rings (SSSR count). The number of carbonyl (C=O) groups excluding carboxylic acids is 2. The number of carbonyl (C=O) groups is 2. The summed E-state index contributed by atoms with van der Waals surface area (Å²) in [5.41, 5.74) is -0.142. The van der Waals surface area contributed by atoms with Crippen LogP contribution in [0.2, 0.25) is 0 Å². The lowest BCUT2D eigenvalue weighted by molar-refractivity contribution is -0.137. The van der Waals surface area contributed by atoms with Gasteiger partial charge in [0, 0.05) is 30.0 Å². The zero-order valence-corrected chi connectivity index (χ0v) is 19.0. The molecule has 0 radical (unpaired) electrons. The summed E-state index contributed by atoms with van der Waals surface area (Å²) in [5, 5.41) is 2.94. The molecule has 35 heavy (non-hydrogen) atoms. The number of nitrogens with zero attached hydrogens (tertiary/aromatic N) is 4. The molecule has 3 aromatic heterocycles. The summed E-state index contributed by atoms with van der Waals surface area (Å²) in [5.74, 6) is -0.859. The van der Waals surface area contributed by atoms with Gasteiger partial charge in [0.15, 0.2) is 5.69 Å². The van der Waals surface area contributed by atoms with E-state index in [1.807, 2.05) is 0 Å². The Labute approximate surface area is 197 Å². The Morgan fingerprint density at radius 3 is 2.51 bits per heavy atom. The molecule has 2 unspecified atom stereocenters. The number of aromatic amines is 1. The van der Waals surface area contributed by atoms with Gasteiger partial charge >= 0.3 is 6.18 Å². The summed E-state index contributed by atoms with van der Waals surface area (Å²) in [6.45, 7) is 3.44. The predicted octanol–water partition coefficient (Wildman–Crippen LogP) is 2.62. The van der Waals surface area contributed by atoms with Gasteiger partial charge in [-0.3, -0.25) is 18.8 Å². The second-order valence-corrected chi connectivity index (χ2v) is 9.15. The zero-order valence-electron chi connectivity index (χ0n) is 19.0. The number of fused-ring (bicyclic) bond motifs is 3. The first-order valence-electron chi connectivity index (χ1n) is 11.3. The number of rotatable bonds is 3. The van der Waals surface area contributed by atoms with Crippen molar-refractivity contribution < 1.29 is 22.8 Å². The minimum absolute atomic E-state index is 0.0246. The summed E-state index contributed by atoms with van der Waals surface area (Å²) < 4.78 is 40.2. The van der Waals surface area contributed by atoms with Crippen molar-refractivity contribution in [3.05, 3.63) is 63.2 Å². The number of alkyl halides is 3. The molecule has 2 atom stereocenters. The zero-order chi connectivity index (χ0) is 25.1. The monoisotopic (exact) mass is 488 g/mol. The van der Waals surface area contributed by atoms with Crippen LogP contribution in [-0.4, -0.2) is 54.2 Å². The summed E-state index contributed by atoms with van der Waals surface area (Å²) in [4.78, 5) is 51.0. The van der Waals surface area contributed by atoms with Gasteiger partial charge in [-0.25, -0.2) is 9.97 Å². The molecule has 2 bridgehead atoms. The Bertz CT molecular complexity index is 1380. The minimum atomic E-state index is -4.50. The topological polar surface area (TPSA) is 112 Å². The largest absolute Gasteiger partial charge is 0.416 e. The maximum absolute atomic E-state index is 13.2. The molecule has 2 aliphatic heterocycles. The average molecular weight is 488 g/mol. The Kier molecular flexibility index (Phi) is 5.41. The molecule has 0 spiro atoms. The second-order valence-electron chi connectivity index (χ2n) is 9.15. The number of hydrogen-bond donors (Lipinski definition) is 2. The van der Waals surface area contributed by atoms with Crippen molar-refractivity contribution in [1.29, 1.82) is 0 Å². The minimum Gasteiger partial charge on any atom is -0.348 e. The fourth-order valence-corrected chi connectivity index (χ4v) is 5.10. The van der Waals surface area contributed by atoms with Gasteiger partial charge in [0.1, 0.15) is 11.3 Å². The summed E-state index contributed by atoms with van der Waals surface area (Å²) in [6, 6.07) is 1.27. The van der Waals surface area contributed by atoms with Crippen LogP contribution in [0.4, 0.5) is 13.2 Å². The number of pyridine rings is 1. The van der Waals surface area contributed by atoms with E-state index in [4.69, 9.17) is 0 Å². The van der Waals surface area contributed by atoms with Crippen molar-refractivity contribution in [2.45, 2.75) is 63.8 Å². The summed E-state index contributed by atoms with van der Waals surface area (Å²) in [7, 11) is 0. The predicted molar refractivity (Wildman–Crippen MR) is 118 cm³/mol. The number of halogens is 3. The normalized spacial score (nSPS) is 22.0. The van der Waals surface area contributed by atoms with E-state index in [2.05, 4.69) is 20.3 Å². The maximum atomic E-state index is 13.2. The fourth-order valence-electron chi connectivity index (χ4n) is 5.10. The van der Waals surface area contributed by atoms with E-state index >= 15 is 0 Å². The molecule has 2 fully saturated rings. The van der Waals surface area contributed by atoms with Crippen molar-refractivity contribution in [2.75, 3.05) is 0 Å². The van der Waals surface area contributed by atoms with Crippen LogP contribution in [0, 0.1) is 13.8 Å². The fraction of sp³-hybridized carbons (Fsp3) is 0.435. The molecule has 184 valence electrons. The van der Waals surface area contributed by atoms with Gasteiger partial charge in [0.25, 0.3) is 17.4 Å². The molecule has 2 aliphatic rings. The van der Waals surface area contributed by atoms with E-state index in [-0.39, 0.29) is 35.2 Å². The van der Waals surface area contributed by atoms with E-state index in [1.54, 1.807) is 18.7 Å². The average Bonchev–Trinajstić information content (AvgIpc) is 3.33. The molecule has 9 nitrogen and oxygen atoms in total. The van der Waals surface area contributed by atoms with Crippen LogP contribution in [0.5, 0.6) is 0 Å². The van der Waals surface area contributed by atoms with Crippen LogP contribution in [0.1, 0.15) is 63.6 Å². The second kappa shape index (κ2) is 8.21. The van der Waals surface area contributed by atoms with E-state index in [0.29, 0.717) is 24.2 Å². The Morgan fingerprint density at radius 2 is 1.86 bits per heavy atom. The number of nitrogens with one attached hydrogen (secondary N) is 2. The number of H-pyrrole nitrogens is 1. The van der Waals surface area contributed by atoms with Gasteiger partial charge < -0.3 is 15.2 Å². The van der Waals surface area contributed by atoms with Gasteiger partial charge in [-0.1, -0.05) is 0 Å². The molecule has 2 amide bonds. The molecule has 0 aromatic carbocycles. The lowest BCUT2D eigenvalue weighted by Crippen LogP contribution is -2.53. The van der Waals surface area contributed by atoms with Crippen LogP contribution in [0.25, 0.3) is 5.65 Å². The smallest absolute Gasteiger partial charge is 0.348 e. The lowest BCUT2D eigenvalue weighted by Gasteiger charge is -2.38. The van der Waals surface area contributed by atoms with Gasteiger partial charge in [0.05, 0.1) is 17.5 Å². The summed E-state index contributed by atoms with van der Waals surface area (Å²) >= 11 is 0. The molecule has 5 heterocycles. The SMILES string of the molecule is Cc1nc(C(=O)N2C3CCC2CC(NC(=O)c2cnc4cc(C(F)(F)F)ccn24)C3)c(=O)[nH]c1C. The van der Waals surface area contributed by atoms with Crippen molar-refractivity contribution in [3.8, 4) is 0 Å². The van der Waals surface area contributed by atoms with Crippen molar-refractivity contribution in [3.63, 3.8) is 0 Å². The molecular weight excluding hydrogens is 465 g/mol. The highest BCUT2D eigenvalue weighted by molar-refractivity contribution is 5.94. The Hall–Kier alpha value is -3.70. The van der Waals surface area contributed by atoms with Gasteiger partial charge in [-0.15, -0.1) is 0 Å². The third kappa shape index (κ3) is 4.06. The molecule has 3 aromatic rings. The number of hydrogen-bond acceptors (Lipinski definition) is 5. The third-order valence-corrected chi connectivity index (χ3v) is 6.92. The van der Waals surface area contributed by atoms with Crippen molar-refractivity contribution >= 4 is 17.5 Å². The van der Waals surface area contributed by atoms with E-state index < -0.39 is 29.1 Å². The van der Waals surface area contributed by atoms with Crippen LogP contribution >= 0.6 is 0 Å². The van der Waals surface area contributed by atoms with Crippen LogP contribution < -0.4 is 10.9 Å². The quantitative estimate of drug-likeness (QED) is 0.589. The first kappa shape index (κ1) is 23.1. The van der Waals surface area contributed by atoms with Crippen LogP contribution in [-0.2, 0) is 6.18 Å². The van der Waals surface area contributed by atoms with Crippen molar-refractivity contribution in [2.24, 2.45) is 0 Å². The molecule has 0 saturated carbocycles. The van der Waals surface area contributed by atoms with Gasteiger partial charge in [-0.05, 0) is 51.7 Å². The first-order valence-corrected chi connectivity index (χ1v) is 11.3. The maximum Gasteiger partial charge on any atom is 0.416 e.